The highest BCUT2D eigenvalue weighted by Crippen LogP contribution is 2.27. The van der Waals surface area contributed by atoms with E-state index in [1.165, 1.54) is 17.5 Å². The first-order valence-electron chi connectivity index (χ1n) is 6.12. The van der Waals surface area contributed by atoms with Gasteiger partial charge in [0.15, 0.2) is 0 Å². The maximum absolute atomic E-state index is 12.3. The minimum atomic E-state index is -3.55. The number of hydrogen-bond acceptors (Lipinski definition) is 5. The quantitative estimate of drug-likeness (QED) is 0.888. The molecule has 2 heterocycles. The second-order valence-corrected chi connectivity index (χ2v) is 7.54. The van der Waals surface area contributed by atoms with E-state index in [1.807, 2.05) is 20.9 Å². The largest absolute Gasteiger partial charge is 0.315 e. The van der Waals surface area contributed by atoms with Crippen molar-refractivity contribution in [2.24, 2.45) is 0 Å². The lowest BCUT2D eigenvalue weighted by atomic mass is 10.3. The molecule has 0 aliphatic carbocycles. The predicted octanol–water partition coefficient (Wildman–Crippen LogP) is 2.28. The van der Waals surface area contributed by atoms with Crippen molar-refractivity contribution < 1.29 is 8.42 Å². The molecule has 2 rings (SSSR count). The zero-order valence-corrected chi connectivity index (χ0v) is 13.2. The van der Waals surface area contributed by atoms with Crippen molar-refractivity contribution in [3.05, 3.63) is 40.5 Å². The summed E-state index contributed by atoms with van der Waals surface area (Å²) in [5, 5.41) is 3.03. The first kappa shape index (κ1) is 15.0. The van der Waals surface area contributed by atoms with Crippen LogP contribution >= 0.6 is 11.3 Å². The lowest BCUT2D eigenvalue weighted by Crippen LogP contribution is -2.11. The van der Waals surface area contributed by atoms with Crippen molar-refractivity contribution in [1.82, 2.24) is 10.3 Å². The van der Waals surface area contributed by atoms with Crippen LogP contribution in [-0.2, 0) is 16.6 Å². The molecule has 0 radical (unpaired) electrons. The van der Waals surface area contributed by atoms with Gasteiger partial charge in [0.25, 0.3) is 10.0 Å². The van der Waals surface area contributed by atoms with E-state index in [0.717, 1.165) is 16.1 Å². The highest BCUT2D eigenvalue weighted by atomic mass is 32.2. The van der Waals surface area contributed by atoms with Gasteiger partial charge in [0.05, 0.1) is 11.9 Å². The molecule has 7 heteroatoms. The van der Waals surface area contributed by atoms with E-state index in [-0.39, 0.29) is 0 Å². The molecule has 0 unspecified atom stereocenters. The first-order valence-corrected chi connectivity index (χ1v) is 8.42. The van der Waals surface area contributed by atoms with Gasteiger partial charge in [-0.15, -0.1) is 11.3 Å². The summed E-state index contributed by atoms with van der Waals surface area (Å²) in [5.41, 5.74) is 2.29. The molecule has 108 valence electrons. The van der Waals surface area contributed by atoms with E-state index in [0.29, 0.717) is 16.4 Å². The van der Waals surface area contributed by atoms with E-state index in [1.54, 1.807) is 18.2 Å². The summed E-state index contributed by atoms with van der Waals surface area (Å²) in [7, 11) is -1.71. The summed E-state index contributed by atoms with van der Waals surface area (Å²) in [6.07, 6.45) is 1.52. The molecule has 2 aromatic rings. The van der Waals surface area contributed by atoms with Crippen LogP contribution in [0.1, 0.15) is 16.1 Å². The number of pyridine rings is 1. The number of thiophene rings is 1. The Labute approximate surface area is 123 Å². The van der Waals surface area contributed by atoms with Gasteiger partial charge in [0.1, 0.15) is 4.21 Å². The molecule has 0 saturated heterocycles. The van der Waals surface area contributed by atoms with E-state index in [4.69, 9.17) is 0 Å². The minimum Gasteiger partial charge on any atom is -0.315 e. The van der Waals surface area contributed by atoms with Crippen molar-refractivity contribution in [2.75, 3.05) is 11.8 Å². The third kappa shape index (κ3) is 3.36. The number of aryl methyl sites for hydroxylation is 2. The third-order valence-electron chi connectivity index (χ3n) is 2.76. The highest BCUT2D eigenvalue weighted by Gasteiger charge is 2.18. The van der Waals surface area contributed by atoms with Gasteiger partial charge in [0, 0.05) is 17.1 Å². The predicted molar refractivity (Wildman–Crippen MR) is 81.6 cm³/mol. The maximum atomic E-state index is 12.3. The van der Waals surface area contributed by atoms with Crippen LogP contribution in [0.15, 0.2) is 28.6 Å². The number of rotatable bonds is 5. The van der Waals surface area contributed by atoms with Crippen molar-refractivity contribution in [2.45, 2.75) is 24.6 Å². The molecule has 0 bridgehead atoms. The van der Waals surface area contributed by atoms with Gasteiger partial charge in [-0.2, -0.15) is 0 Å². The molecule has 0 aromatic carbocycles. The van der Waals surface area contributed by atoms with E-state index < -0.39 is 10.0 Å². The Hall–Kier alpha value is -1.44. The summed E-state index contributed by atoms with van der Waals surface area (Å²) < 4.78 is 27.5. The van der Waals surface area contributed by atoms with Crippen molar-refractivity contribution in [3.63, 3.8) is 0 Å². The van der Waals surface area contributed by atoms with Crippen molar-refractivity contribution >= 4 is 27.0 Å². The van der Waals surface area contributed by atoms with Crippen LogP contribution in [0.5, 0.6) is 0 Å². The average molecular weight is 311 g/mol. The first-order chi connectivity index (χ1) is 9.42. The Balaban J connectivity index is 2.26. The normalized spacial score (nSPS) is 11.6. The van der Waals surface area contributed by atoms with Crippen LogP contribution in [0.25, 0.3) is 0 Å². The number of hydrogen-bond donors (Lipinski definition) is 2. The Morgan fingerprint density at radius 3 is 2.65 bits per heavy atom. The summed E-state index contributed by atoms with van der Waals surface area (Å²) in [5.74, 6) is 0. The van der Waals surface area contributed by atoms with Crippen LogP contribution in [0.3, 0.4) is 0 Å². The van der Waals surface area contributed by atoms with Crippen molar-refractivity contribution in [3.8, 4) is 0 Å². The molecule has 0 spiro atoms. The fourth-order valence-electron chi connectivity index (χ4n) is 1.69. The molecule has 5 nitrogen and oxygen atoms in total. The molecule has 0 aliphatic rings. The topological polar surface area (TPSA) is 71.1 Å². The lowest BCUT2D eigenvalue weighted by molar-refractivity contribution is 0.603. The number of nitrogens with zero attached hydrogens (tertiary/aromatic N) is 1. The molecule has 0 saturated carbocycles. The standard InChI is InChI=1S/C13H17N3O2S2/c1-9-6-13(19-12(9)8-14-3)20(17,18)16-11-5-4-10(2)15-7-11/h4-7,14,16H,8H2,1-3H3. The zero-order chi connectivity index (χ0) is 14.8. The van der Waals surface area contributed by atoms with Crippen molar-refractivity contribution in [1.29, 1.82) is 0 Å². The van der Waals surface area contributed by atoms with Crippen LogP contribution in [0, 0.1) is 13.8 Å². The second-order valence-electron chi connectivity index (χ2n) is 4.50. The van der Waals surface area contributed by atoms with Gasteiger partial charge in [-0.3, -0.25) is 9.71 Å². The molecule has 0 amide bonds. The van der Waals surface area contributed by atoms with E-state index in [2.05, 4.69) is 15.0 Å². The monoisotopic (exact) mass is 311 g/mol. The number of anilines is 1. The van der Waals surface area contributed by atoms with Gasteiger partial charge >= 0.3 is 0 Å². The fourth-order valence-corrected chi connectivity index (χ4v) is 4.33. The number of aromatic nitrogens is 1. The zero-order valence-electron chi connectivity index (χ0n) is 11.6. The van der Waals surface area contributed by atoms with Crippen LogP contribution < -0.4 is 10.0 Å². The third-order valence-corrected chi connectivity index (χ3v) is 5.86. The highest BCUT2D eigenvalue weighted by molar-refractivity contribution is 7.94. The summed E-state index contributed by atoms with van der Waals surface area (Å²) >= 11 is 1.28. The lowest BCUT2D eigenvalue weighted by Gasteiger charge is -2.05. The van der Waals surface area contributed by atoms with Gasteiger partial charge < -0.3 is 5.32 Å². The van der Waals surface area contributed by atoms with Crippen LogP contribution in [-0.4, -0.2) is 20.4 Å². The maximum Gasteiger partial charge on any atom is 0.271 e. The van der Waals surface area contributed by atoms with E-state index in [9.17, 15) is 8.42 Å². The summed E-state index contributed by atoms with van der Waals surface area (Å²) in [6.45, 7) is 4.43. The summed E-state index contributed by atoms with van der Waals surface area (Å²) in [6, 6.07) is 5.17. The smallest absolute Gasteiger partial charge is 0.271 e. The molecule has 0 aliphatic heterocycles. The molecule has 2 N–H and O–H groups in total. The molecule has 0 atom stereocenters. The Morgan fingerprint density at radius 2 is 2.05 bits per heavy atom. The fraction of sp³-hybridized carbons (Fsp3) is 0.308. The second kappa shape index (κ2) is 5.90. The Morgan fingerprint density at radius 1 is 1.30 bits per heavy atom. The Bertz CT molecular complexity index is 691. The Kier molecular flexibility index (Phi) is 4.42. The number of nitrogens with one attached hydrogen (secondary N) is 2. The number of sulfonamides is 1. The summed E-state index contributed by atoms with van der Waals surface area (Å²) in [4.78, 5) is 5.10. The molecule has 0 fully saturated rings. The van der Waals surface area contributed by atoms with Gasteiger partial charge in [0.2, 0.25) is 0 Å². The molecule has 20 heavy (non-hydrogen) atoms. The van der Waals surface area contributed by atoms with Gasteiger partial charge in [-0.25, -0.2) is 8.42 Å². The van der Waals surface area contributed by atoms with Crippen LogP contribution in [0.4, 0.5) is 5.69 Å². The molecular weight excluding hydrogens is 294 g/mol. The minimum absolute atomic E-state index is 0.320. The van der Waals surface area contributed by atoms with E-state index >= 15 is 0 Å². The molecule has 2 aromatic heterocycles. The van der Waals surface area contributed by atoms with Gasteiger partial charge in [-0.05, 0) is 44.7 Å². The SMILES string of the molecule is CNCc1sc(S(=O)(=O)Nc2ccc(C)nc2)cc1C. The van der Waals surface area contributed by atoms with Gasteiger partial charge in [-0.1, -0.05) is 0 Å². The molecular formula is C13H17N3O2S2. The van der Waals surface area contributed by atoms with Crippen LogP contribution in [0.2, 0.25) is 0 Å². The average Bonchev–Trinajstić information content (AvgIpc) is 2.75.